The lowest BCUT2D eigenvalue weighted by atomic mass is 9.57. The average molecular weight is 303 g/mol. The molecule has 3 rings (SSSR count). The van der Waals surface area contributed by atoms with Crippen LogP contribution in [-0.2, 0) is 16.1 Å². The van der Waals surface area contributed by atoms with Gasteiger partial charge in [-0.1, -0.05) is 36.8 Å². The van der Waals surface area contributed by atoms with E-state index < -0.39 is 18.0 Å². The van der Waals surface area contributed by atoms with E-state index in [0.717, 1.165) is 31.2 Å². The first kappa shape index (κ1) is 14.9. The molecule has 1 unspecified atom stereocenters. The van der Waals surface area contributed by atoms with E-state index in [-0.39, 0.29) is 18.6 Å². The molecule has 1 amide bonds. The van der Waals surface area contributed by atoms with Crippen molar-refractivity contribution >= 4 is 12.1 Å². The van der Waals surface area contributed by atoms with Crippen LogP contribution in [0, 0.1) is 11.3 Å². The van der Waals surface area contributed by atoms with Crippen LogP contribution in [0.2, 0.25) is 0 Å². The minimum absolute atomic E-state index is 0.0813. The van der Waals surface area contributed by atoms with Crippen LogP contribution in [0.1, 0.15) is 31.2 Å². The SMILES string of the molecule is O=C(O)C1CN(C(=O)OCc2ccccc2)CCC12CCC2. The fourth-order valence-corrected chi connectivity index (χ4v) is 3.58. The van der Waals surface area contributed by atoms with Gasteiger partial charge in [-0.2, -0.15) is 0 Å². The van der Waals surface area contributed by atoms with E-state index >= 15 is 0 Å². The minimum Gasteiger partial charge on any atom is -0.481 e. The van der Waals surface area contributed by atoms with Gasteiger partial charge in [-0.25, -0.2) is 4.79 Å². The largest absolute Gasteiger partial charge is 0.481 e. The molecule has 1 atom stereocenters. The number of hydrogen-bond acceptors (Lipinski definition) is 3. The molecule has 1 aromatic carbocycles. The molecule has 1 heterocycles. The number of carbonyl (C=O) groups is 2. The van der Waals surface area contributed by atoms with Crippen molar-refractivity contribution in [2.24, 2.45) is 11.3 Å². The molecule has 1 aliphatic carbocycles. The van der Waals surface area contributed by atoms with Crippen molar-refractivity contribution in [1.29, 1.82) is 0 Å². The van der Waals surface area contributed by atoms with Crippen LogP contribution >= 0.6 is 0 Å². The Hall–Kier alpha value is -2.04. The van der Waals surface area contributed by atoms with Gasteiger partial charge in [-0.3, -0.25) is 4.79 Å². The number of nitrogens with zero attached hydrogens (tertiary/aromatic N) is 1. The first-order valence-corrected chi connectivity index (χ1v) is 7.79. The fraction of sp³-hybridized carbons (Fsp3) is 0.529. The van der Waals surface area contributed by atoms with E-state index in [4.69, 9.17) is 4.74 Å². The molecule has 0 aromatic heterocycles. The van der Waals surface area contributed by atoms with Gasteiger partial charge in [-0.15, -0.1) is 0 Å². The maximum absolute atomic E-state index is 12.2. The number of aliphatic carboxylic acids is 1. The molecule has 5 heteroatoms. The van der Waals surface area contributed by atoms with Crippen molar-refractivity contribution in [3.63, 3.8) is 0 Å². The summed E-state index contributed by atoms with van der Waals surface area (Å²) < 4.78 is 5.31. The third kappa shape index (κ3) is 2.80. The van der Waals surface area contributed by atoms with Gasteiger partial charge in [0.1, 0.15) is 6.61 Å². The summed E-state index contributed by atoms with van der Waals surface area (Å²) in [6.07, 6.45) is 3.39. The van der Waals surface area contributed by atoms with Crippen LogP contribution in [0.4, 0.5) is 4.79 Å². The predicted molar refractivity (Wildman–Crippen MR) is 80.2 cm³/mol. The Morgan fingerprint density at radius 2 is 1.95 bits per heavy atom. The molecule has 118 valence electrons. The van der Waals surface area contributed by atoms with Gasteiger partial charge in [-0.05, 0) is 30.2 Å². The van der Waals surface area contributed by atoms with Gasteiger partial charge in [0.2, 0.25) is 0 Å². The van der Waals surface area contributed by atoms with Crippen molar-refractivity contribution < 1.29 is 19.4 Å². The van der Waals surface area contributed by atoms with E-state index in [1.807, 2.05) is 30.3 Å². The maximum Gasteiger partial charge on any atom is 0.410 e. The Balaban J connectivity index is 1.58. The number of rotatable bonds is 3. The number of carbonyl (C=O) groups excluding carboxylic acids is 1. The smallest absolute Gasteiger partial charge is 0.410 e. The highest BCUT2D eigenvalue weighted by Crippen LogP contribution is 2.52. The molecule has 2 aliphatic rings. The molecule has 1 spiro atoms. The van der Waals surface area contributed by atoms with E-state index in [2.05, 4.69) is 0 Å². The number of amides is 1. The van der Waals surface area contributed by atoms with Crippen LogP contribution in [0.3, 0.4) is 0 Å². The summed E-state index contributed by atoms with van der Waals surface area (Å²) >= 11 is 0. The highest BCUT2D eigenvalue weighted by atomic mass is 16.6. The number of carboxylic acids is 1. The van der Waals surface area contributed by atoms with E-state index in [0.29, 0.717) is 6.54 Å². The molecule has 1 N–H and O–H groups in total. The number of likely N-dealkylation sites (tertiary alicyclic amines) is 1. The number of carboxylic acid groups (broad SMARTS) is 1. The first-order valence-electron chi connectivity index (χ1n) is 7.79. The lowest BCUT2D eigenvalue weighted by Gasteiger charge is -2.51. The summed E-state index contributed by atoms with van der Waals surface area (Å²) in [5, 5.41) is 9.47. The average Bonchev–Trinajstić information content (AvgIpc) is 2.51. The molecule has 0 bridgehead atoms. The zero-order chi connectivity index (χ0) is 15.6. The predicted octanol–water partition coefficient (Wildman–Crippen LogP) is 2.90. The lowest BCUT2D eigenvalue weighted by molar-refractivity contribution is -0.154. The van der Waals surface area contributed by atoms with Crippen molar-refractivity contribution in [2.45, 2.75) is 32.3 Å². The Labute approximate surface area is 129 Å². The van der Waals surface area contributed by atoms with Gasteiger partial charge < -0.3 is 14.7 Å². The zero-order valence-corrected chi connectivity index (χ0v) is 12.5. The van der Waals surface area contributed by atoms with Crippen LogP contribution in [0.15, 0.2) is 30.3 Å². The molecule has 1 aliphatic heterocycles. The van der Waals surface area contributed by atoms with E-state index in [9.17, 15) is 14.7 Å². The summed E-state index contributed by atoms with van der Waals surface area (Å²) in [4.78, 5) is 25.2. The van der Waals surface area contributed by atoms with Crippen molar-refractivity contribution in [1.82, 2.24) is 4.90 Å². The minimum atomic E-state index is -0.791. The standard InChI is InChI=1S/C17H21NO4/c19-15(20)14-11-18(10-9-17(14)7-4-8-17)16(21)22-12-13-5-2-1-3-6-13/h1-3,5-6,14H,4,7-12H2,(H,19,20). The maximum atomic E-state index is 12.2. The van der Waals surface area contributed by atoms with E-state index in [1.165, 1.54) is 0 Å². The second-order valence-corrected chi connectivity index (χ2v) is 6.34. The van der Waals surface area contributed by atoms with Crippen LogP contribution < -0.4 is 0 Å². The lowest BCUT2D eigenvalue weighted by Crippen LogP contribution is -2.54. The van der Waals surface area contributed by atoms with Crippen LogP contribution in [-0.4, -0.2) is 35.2 Å². The van der Waals surface area contributed by atoms with Gasteiger partial charge in [0.25, 0.3) is 0 Å². The summed E-state index contributed by atoms with van der Waals surface area (Å²) in [5.41, 5.74) is 0.847. The number of ether oxygens (including phenoxy) is 1. The Morgan fingerprint density at radius 3 is 2.55 bits per heavy atom. The third-order valence-electron chi connectivity index (χ3n) is 5.13. The fourth-order valence-electron chi connectivity index (χ4n) is 3.58. The summed E-state index contributed by atoms with van der Waals surface area (Å²) in [5.74, 6) is -1.25. The highest BCUT2D eigenvalue weighted by molar-refractivity contribution is 5.74. The monoisotopic (exact) mass is 303 g/mol. The zero-order valence-electron chi connectivity index (χ0n) is 12.5. The van der Waals surface area contributed by atoms with Crippen molar-refractivity contribution in [2.75, 3.05) is 13.1 Å². The molecule has 2 fully saturated rings. The number of benzene rings is 1. The number of piperidine rings is 1. The van der Waals surface area contributed by atoms with Crippen molar-refractivity contribution in [3.8, 4) is 0 Å². The third-order valence-corrected chi connectivity index (χ3v) is 5.13. The molecular formula is C17H21NO4. The first-order chi connectivity index (χ1) is 10.6. The molecule has 1 aromatic rings. The molecule has 1 saturated heterocycles. The Bertz CT molecular complexity index is 553. The van der Waals surface area contributed by atoms with Gasteiger partial charge >= 0.3 is 12.1 Å². The normalized spacial score (nSPS) is 22.9. The second kappa shape index (κ2) is 5.99. The Kier molecular flexibility index (Phi) is 4.05. The molecular weight excluding hydrogens is 282 g/mol. The highest BCUT2D eigenvalue weighted by Gasteiger charge is 2.51. The Morgan fingerprint density at radius 1 is 1.23 bits per heavy atom. The molecule has 1 saturated carbocycles. The van der Waals surface area contributed by atoms with Gasteiger partial charge in [0.05, 0.1) is 5.92 Å². The molecule has 0 radical (unpaired) electrons. The van der Waals surface area contributed by atoms with E-state index in [1.54, 1.807) is 4.90 Å². The molecule has 5 nitrogen and oxygen atoms in total. The van der Waals surface area contributed by atoms with Gasteiger partial charge in [0, 0.05) is 13.1 Å². The number of hydrogen-bond donors (Lipinski definition) is 1. The van der Waals surface area contributed by atoms with Gasteiger partial charge in [0.15, 0.2) is 0 Å². The summed E-state index contributed by atoms with van der Waals surface area (Å²) in [7, 11) is 0. The van der Waals surface area contributed by atoms with Crippen molar-refractivity contribution in [3.05, 3.63) is 35.9 Å². The quantitative estimate of drug-likeness (QED) is 0.932. The topological polar surface area (TPSA) is 66.8 Å². The van der Waals surface area contributed by atoms with Crippen LogP contribution in [0.25, 0.3) is 0 Å². The second-order valence-electron chi connectivity index (χ2n) is 6.34. The van der Waals surface area contributed by atoms with Crippen LogP contribution in [0.5, 0.6) is 0 Å². The molecule has 22 heavy (non-hydrogen) atoms. The summed E-state index contributed by atoms with van der Waals surface area (Å²) in [6, 6.07) is 9.49. The summed E-state index contributed by atoms with van der Waals surface area (Å²) in [6.45, 7) is 1.08.